The van der Waals surface area contributed by atoms with Gasteiger partial charge in [-0.2, -0.15) is 0 Å². The molecule has 0 spiro atoms. The van der Waals surface area contributed by atoms with E-state index < -0.39 is 6.10 Å². The van der Waals surface area contributed by atoms with E-state index in [2.05, 4.69) is 4.98 Å². The number of aliphatic hydroxyl groups excluding tert-OH is 1. The number of para-hydroxylation sites is 2. The van der Waals surface area contributed by atoms with Gasteiger partial charge in [0, 0.05) is 13.2 Å². The molecule has 0 aliphatic rings. The number of nitrogens with zero attached hydrogens (tertiary/aromatic N) is 2. The molecule has 0 saturated heterocycles. The van der Waals surface area contributed by atoms with Crippen LogP contribution in [0.15, 0.2) is 42.6 Å². The van der Waals surface area contributed by atoms with Crippen LogP contribution in [-0.2, 0) is 0 Å². The van der Waals surface area contributed by atoms with Gasteiger partial charge in [0.1, 0.15) is 11.6 Å². The molecule has 1 aromatic heterocycles. The Morgan fingerprint density at radius 3 is 2.53 bits per heavy atom. The normalized spacial score (nSPS) is 12.0. The third-order valence-electron chi connectivity index (χ3n) is 3.04. The van der Waals surface area contributed by atoms with E-state index in [-0.39, 0.29) is 0 Å². The molecule has 0 amide bonds. The summed E-state index contributed by atoms with van der Waals surface area (Å²) < 4.78 is 5.34. The molecule has 1 N–H and O–H groups in total. The van der Waals surface area contributed by atoms with Crippen molar-refractivity contribution in [2.45, 2.75) is 13.0 Å². The number of aliphatic hydroxyl groups is 1. The standard InChI is InChI=1S/C15H18N2O2/c1-11(18)12-8-9-15(16-10-12)17(2)13-6-4-5-7-14(13)19-3/h4-11,18H,1-3H3/t11-/m0/s1. The molecule has 19 heavy (non-hydrogen) atoms. The first-order valence-electron chi connectivity index (χ1n) is 6.14. The third-order valence-corrected chi connectivity index (χ3v) is 3.04. The van der Waals surface area contributed by atoms with Gasteiger partial charge in [0.15, 0.2) is 0 Å². The van der Waals surface area contributed by atoms with Crippen molar-refractivity contribution in [3.05, 3.63) is 48.2 Å². The van der Waals surface area contributed by atoms with Gasteiger partial charge in [0.25, 0.3) is 0 Å². The predicted molar refractivity (Wildman–Crippen MR) is 75.9 cm³/mol. The van der Waals surface area contributed by atoms with E-state index >= 15 is 0 Å². The summed E-state index contributed by atoms with van der Waals surface area (Å²) in [6.45, 7) is 1.72. The van der Waals surface area contributed by atoms with Crippen molar-refractivity contribution < 1.29 is 9.84 Å². The lowest BCUT2D eigenvalue weighted by atomic mass is 10.2. The molecule has 0 aliphatic carbocycles. The van der Waals surface area contributed by atoms with Crippen LogP contribution >= 0.6 is 0 Å². The topological polar surface area (TPSA) is 45.6 Å². The summed E-state index contributed by atoms with van der Waals surface area (Å²) in [4.78, 5) is 6.31. The minimum absolute atomic E-state index is 0.502. The maximum atomic E-state index is 9.48. The Balaban J connectivity index is 2.30. The van der Waals surface area contributed by atoms with E-state index in [1.165, 1.54) is 0 Å². The Morgan fingerprint density at radius 2 is 1.95 bits per heavy atom. The number of ether oxygens (including phenoxy) is 1. The monoisotopic (exact) mass is 258 g/mol. The molecule has 100 valence electrons. The molecule has 2 rings (SSSR count). The number of anilines is 2. The molecular formula is C15H18N2O2. The fourth-order valence-corrected chi connectivity index (χ4v) is 1.87. The van der Waals surface area contributed by atoms with E-state index in [0.29, 0.717) is 0 Å². The number of rotatable bonds is 4. The highest BCUT2D eigenvalue weighted by Gasteiger charge is 2.10. The summed E-state index contributed by atoms with van der Waals surface area (Å²) >= 11 is 0. The lowest BCUT2D eigenvalue weighted by Gasteiger charge is -2.21. The van der Waals surface area contributed by atoms with Crippen molar-refractivity contribution in [1.82, 2.24) is 4.98 Å². The summed E-state index contributed by atoms with van der Waals surface area (Å²) in [5, 5.41) is 9.48. The van der Waals surface area contributed by atoms with Gasteiger partial charge >= 0.3 is 0 Å². The van der Waals surface area contributed by atoms with Gasteiger partial charge in [-0.1, -0.05) is 18.2 Å². The molecule has 1 aromatic carbocycles. The number of hydrogen-bond acceptors (Lipinski definition) is 4. The van der Waals surface area contributed by atoms with Crippen molar-refractivity contribution in [3.8, 4) is 5.75 Å². The molecule has 0 aliphatic heterocycles. The smallest absolute Gasteiger partial charge is 0.142 e. The van der Waals surface area contributed by atoms with Crippen LogP contribution in [0.5, 0.6) is 5.75 Å². The van der Waals surface area contributed by atoms with Crippen LogP contribution in [0.4, 0.5) is 11.5 Å². The average Bonchev–Trinajstić information content (AvgIpc) is 2.46. The molecule has 4 heteroatoms. The molecule has 1 atom stereocenters. The SMILES string of the molecule is COc1ccccc1N(C)c1ccc([C@H](C)O)cn1. The summed E-state index contributed by atoms with van der Waals surface area (Å²) in [5.41, 5.74) is 1.75. The van der Waals surface area contributed by atoms with Gasteiger partial charge in [0.05, 0.1) is 18.9 Å². The highest BCUT2D eigenvalue weighted by atomic mass is 16.5. The van der Waals surface area contributed by atoms with E-state index in [0.717, 1.165) is 22.8 Å². The lowest BCUT2D eigenvalue weighted by Crippen LogP contribution is -2.12. The fraction of sp³-hybridized carbons (Fsp3) is 0.267. The zero-order valence-electron chi connectivity index (χ0n) is 11.4. The van der Waals surface area contributed by atoms with E-state index in [1.54, 1.807) is 20.2 Å². The van der Waals surface area contributed by atoms with E-state index in [1.807, 2.05) is 48.3 Å². The van der Waals surface area contributed by atoms with Gasteiger partial charge in [0.2, 0.25) is 0 Å². The largest absolute Gasteiger partial charge is 0.495 e. The minimum Gasteiger partial charge on any atom is -0.495 e. The van der Waals surface area contributed by atoms with Gasteiger partial charge in [-0.3, -0.25) is 0 Å². The van der Waals surface area contributed by atoms with Crippen molar-refractivity contribution >= 4 is 11.5 Å². The summed E-state index contributed by atoms with van der Waals surface area (Å²) in [7, 11) is 3.58. The lowest BCUT2D eigenvalue weighted by molar-refractivity contribution is 0.199. The molecule has 0 bridgehead atoms. The maximum Gasteiger partial charge on any atom is 0.142 e. The van der Waals surface area contributed by atoms with Crippen LogP contribution in [0.25, 0.3) is 0 Å². The van der Waals surface area contributed by atoms with Crippen LogP contribution in [0, 0.1) is 0 Å². The molecule has 0 saturated carbocycles. The minimum atomic E-state index is -0.502. The second-order valence-electron chi connectivity index (χ2n) is 4.36. The summed E-state index contributed by atoms with van der Waals surface area (Å²) in [6, 6.07) is 11.5. The molecular weight excluding hydrogens is 240 g/mol. The van der Waals surface area contributed by atoms with Gasteiger partial charge in [-0.25, -0.2) is 4.98 Å². The third kappa shape index (κ3) is 2.85. The first kappa shape index (κ1) is 13.4. The highest BCUT2D eigenvalue weighted by molar-refractivity contribution is 5.66. The Kier molecular flexibility index (Phi) is 4.02. The average molecular weight is 258 g/mol. The molecule has 0 radical (unpaired) electrons. The number of methoxy groups -OCH3 is 1. The molecule has 1 heterocycles. The first-order chi connectivity index (χ1) is 9.13. The molecule has 0 fully saturated rings. The number of pyridine rings is 1. The predicted octanol–water partition coefficient (Wildman–Crippen LogP) is 2.91. The molecule has 0 unspecified atom stereocenters. The fourth-order valence-electron chi connectivity index (χ4n) is 1.87. The Labute approximate surface area is 113 Å². The van der Waals surface area contributed by atoms with Crippen molar-refractivity contribution in [3.63, 3.8) is 0 Å². The Bertz CT molecular complexity index is 538. The zero-order chi connectivity index (χ0) is 13.8. The second kappa shape index (κ2) is 5.71. The number of aromatic nitrogens is 1. The van der Waals surface area contributed by atoms with Crippen LogP contribution in [0.1, 0.15) is 18.6 Å². The van der Waals surface area contributed by atoms with Crippen molar-refractivity contribution in [2.75, 3.05) is 19.1 Å². The van der Waals surface area contributed by atoms with Gasteiger partial charge in [-0.15, -0.1) is 0 Å². The summed E-state index contributed by atoms with van der Waals surface area (Å²) in [5.74, 6) is 1.60. The van der Waals surface area contributed by atoms with Crippen LogP contribution in [0.2, 0.25) is 0 Å². The zero-order valence-corrected chi connectivity index (χ0v) is 11.4. The van der Waals surface area contributed by atoms with E-state index in [9.17, 15) is 5.11 Å². The van der Waals surface area contributed by atoms with E-state index in [4.69, 9.17) is 4.74 Å². The Morgan fingerprint density at radius 1 is 1.21 bits per heavy atom. The van der Waals surface area contributed by atoms with Crippen molar-refractivity contribution in [1.29, 1.82) is 0 Å². The maximum absolute atomic E-state index is 9.48. The number of hydrogen-bond donors (Lipinski definition) is 1. The first-order valence-corrected chi connectivity index (χ1v) is 6.14. The highest BCUT2D eigenvalue weighted by Crippen LogP contribution is 2.31. The Hall–Kier alpha value is -2.07. The molecule has 4 nitrogen and oxygen atoms in total. The number of benzene rings is 1. The second-order valence-corrected chi connectivity index (χ2v) is 4.36. The van der Waals surface area contributed by atoms with Gasteiger partial charge < -0.3 is 14.7 Å². The van der Waals surface area contributed by atoms with Crippen LogP contribution in [0.3, 0.4) is 0 Å². The van der Waals surface area contributed by atoms with Crippen LogP contribution < -0.4 is 9.64 Å². The van der Waals surface area contributed by atoms with Gasteiger partial charge in [-0.05, 0) is 30.7 Å². The van der Waals surface area contributed by atoms with Crippen LogP contribution in [-0.4, -0.2) is 24.2 Å². The van der Waals surface area contributed by atoms with Crippen molar-refractivity contribution in [2.24, 2.45) is 0 Å². The summed E-state index contributed by atoms with van der Waals surface area (Å²) in [6.07, 6.45) is 1.18. The molecule has 2 aromatic rings. The quantitative estimate of drug-likeness (QED) is 0.916.